The molecule has 1 aliphatic carbocycles. The number of likely N-dealkylation sites (tertiary alicyclic amines) is 1. The molecule has 6 nitrogen and oxygen atoms in total. The van der Waals surface area contributed by atoms with Crippen LogP contribution in [0.4, 0.5) is 4.79 Å². The summed E-state index contributed by atoms with van der Waals surface area (Å²) in [6, 6.07) is -0.532. The number of carboxylic acid groups (broad SMARTS) is 1. The van der Waals surface area contributed by atoms with Crippen LogP contribution in [0.1, 0.15) is 39.0 Å². The first-order valence-corrected chi connectivity index (χ1v) is 6.90. The highest BCUT2D eigenvalue weighted by Gasteiger charge is 2.36. The van der Waals surface area contributed by atoms with Crippen LogP contribution in [-0.2, 0) is 4.79 Å². The van der Waals surface area contributed by atoms with Crippen molar-refractivity contribution >= 4 is 12.0 Å². The maximum Gasteiger partial charge on any atom is 0.317 e. The molecule has 1 saturated carbocycles. The molecule has 2 amide bonds. The molecule has 0 bridgehead atoms. The molecule has 3 N–H and O–H groups in total. The van der Waals surface area contributed by atoms with Gasteiger partial charge in [0, 0.05) is 12.6 Å². The predicted octanol–water partition coefficient (Wildman–Crippen LogP) is 0.796. The van der Waals surface area contributed by atoms with Crippen LogP contribution in [0.2, 0.25) is 0 Å². The van der Waals surface area contributed by atoms with Crippen LogP contribution in [0, 0.1) is 5.92 Å². The molecule has 1 saturated heterocycles. The normalized spacial score (nSPS) is 35.2. The molecule has 0 aromatic rings. The monoisotopic (exact) mass is 270 g/mol. The van der Waals surface area contributed by atoms with E-state index in [1.165, 1.54) is 0 Å². The summed E-state index contributed by atoms with van der Waals surface area (Å²) in [5.41, 5.74) is -0.836. The molecular formula is C13H22N2O4. The Bertz CT molecular complexity index is 370. The highest BCUT2D eigenvalue weighted by atomic mass is 16.4. The molecule has 3 atom stereocenters. The fourth-order valence-corrected chi connectivity index (χ4v) is 3.07. The Morgan fingerprint density at radius 2 is 2.05 bits per heavy atom. The molecule has 0 spiro atoms. The van der Waals surface area contributed by atoms with Crippen molar-refractivity contribution in [3.63, 3.8) is 0 Å². The largest absolute Gasteiger partial charge is 0.481 e. The van der Waals surface area contributed by atoms with Gasteiger partial charge in [-0.25, -0.2) is 4.79 Å². The first-order valence-electron chi connectivity index (χ1n) is 6.90. The van der Waals surface area contributed by atoms with Crippen molar-refractivity contribution in [2.45, 2.75) is 50.7 Å². The molecule has 108 valence electrons. The number of carbonyl (C=O) groups excluding carboxylic acids is 1. The summed E-state index contributed by atoms with van der Waals surface area (Å²) in [5, 5.41) is 21.9. The maximum atomic E-state index is 12.1. The number of hydrogen-bond donors (Lipinski definition) is 3. The van der Waals surface area contributed by atoms with Gasteiger partial charge in [-0.3, -0.25) is 4.79 Å². The van der Waals surface area contributed by atoms with E-state index in [9.17, 15) is 14.7 Å². The lowest BCUT2D eigenvalue weighted by Crippen LogP contribution is -2.54. The van der Waals surface area contributed by atoms with Gasteiger partial charge in [0.25, 0.3) is 0 Å². The van der Waals surface area contributed by atoms with Gasteiger partial charge >= 0.3 is 12.0 Å². The van der Waals surface area contributed by atoms with Crippen molar-refractivity contribution in [3.05, 3.63) is 0 Å². The van der Waals surface area contributed by atoms with E-state index in [1.54, 1.807) is 11.8 Å². The van der Waals surface area contributed by atoms with Crippen molar-refractivity contribution < 1.29 is 19.8 Å². The number of amides is 2. The van der Waals surface area contributed by atoms with Gasteiger partial charge in [0.15, 0.2) is 0 Å². The number of aliphatic hydroxyl groups is 1. The van der Waals surface area contributed by atoms with Gasteiger partial charge in [0.2, 0.25) is 0 Å². The molecule has 19 heavy (non-hydrogen) atoms. The summed E-state index contributed by atoms with van der Waals surface area (Å²) in [7, 11) is 0. The van der Waals surface area contributed by atoms with Crippen LogP contribution < -0.4 is 5.32 Å². The molecule has 1 aliphatic heterocycles. The third kappa shape index (κ3) is 3.37. The number of nitrogens with zero attached hydrogens (tertiary/aromatic N) is 1. The summed E-state index contributed by atoms with van der Waals surface area (Å²) in [6.07, 6.45) is 3.63. The lowest BCUT2D eigenvalue weighted by Gasteiger charge is -2.37. The van der Waals surface area contributed by atoms with Crippen LogP contribution in [0.3, 0.4) is 0 Å². The first kappa shape index (κ1) is 14.1. The van der Waals surface area contributed by atoms with E-state index in [0.717, 1.165) is 12.8 Å². The first-order chi connectivity index (χ1) is 8.89. The van der Waals surface area contributed by atoms with Crippen LogP contribution in [0.15, 0.2) is 0 Å². The van der Waals surface area contributed by atoms with Crippen LogP contribution in [0.25, 0.3) is 0 Å². The van der Waals surface area contributed by atoms with Crippen LogP contribution >= 0.6 is 0 Å². The lowest BCUT2D eigenvalue weighted by molar-refractivity contribution is -0.142. The van der Waals surface area contributed by atoms with Gasteiger partial charge in [-0.05, 0) is 32.6 Å². The third-order valence-electron chi connectivity index (χ3n) is 4.10. The van der Waals surface area contributed by atoms with E-state index < -0.39 is 17.5 Å². The van der Waals surface area contributed by atoms with E-state index in [4.69, 9.17) is 5.11 Å². The minimum Gasteiger partial charge on any atom is -0.481 e. The van der Waals surface area contributed by atoms with Crippen molar-refractivity contribution in [2.24, 2.45) is 5.92 Å². The Morgan fingerprint density at radius 3 is 2.68 bits per heavy atom. The Balaban J connectivity index is 1.92. The second kappa shape index (κ2) is 5.36. The Kier molecular flexibility index (Phi) is 3.99. The molecule has 1 heterocycles. The van der Waals surface area contributed by atoms with Crippen molar-refractivity contribution in [3.8, 4) is 0 Å². The van der Waals surface area contributed by atoms with Gasteiger partial charge < -0.3 is 20.4 Å². The van der Waals surface area contributed by atoms with Gasteiger partial charge in [-0.1, -0.05) is 6.42 Å². The number of rotatable bonds is 2. The number of carboxylic acids is 1. The molecule has 2 fully saturated rings. The molecule has 2 aliphatic rings. The number of hydrogen-bond acceptors (Lipinski definition) is 3. The Morgan fingerprint density at radius 1 is 1.32 bits per heavy atom. The number of β-amino-alcohol motifs (C(OH)–C–C–N with tert-alkyl or cyclic N) is 1. The van der Waals surface area contributed by atoms with Gasteiger partial charge in [0.05, 0.1) is 18.1 Å². The second-order valence-electron chi connectivity index (χ2n) is 5.95. The molecule has 0 aromatic carbocycles. The second-order valence-corrected chi connectivity index (χ2v) is 5.95. The van der Waals surface area contributed by atoms with Gasteiger partial charge in [0.1, 0.15) is 0 Å². The van der Waals surface area contributed by atoms with E-state index >= 15 is 0 Å². The lowest BCUT2D eigenvalue weighted by atomic mass is 9.95. The third-order valence-corrected chi connectivity index (χ3v) is 4.10. The summed E-state index contributed by atoms with van der Waals surface area (Å²) >= 11 is 0. The van der Waals surface area contributed by atoms with Gasteiger partial charge in [-0.2, -0.15) is 0 Å². The fourth-order valence-electron chi connectivity index (χ4n) is 3.07. The summed E-state index contributed by atoms with van der Waals surface area (Å²) < 4.78 is 0. The topological polar surface area (TPSA) is 89.9 Å². The SMILES string of the molecule is CC1(O)CCCN(C(=O)NC2CCCC2C(=O)O)C1. The predicted molar refractivity (Wildman–Crippen MR) is 68.7 cm³/mol. The zero-order chi connectivity index (χ0) is 14.0. The Hall–Kier alpha value is -1.30. The molecule has 0 radical (unpaired) electrons. The zero-order valence-corrected chi connectivity index (χ0v) is 11.3. The van der Waals surface area contributed by atoms with E-state index in [-0.39, 0.29) is 12.1 Å². The molecule has 2 rings (SSSR count). The average molecular weight is 270 g/mol. The highest BCUT2D eigenvalue weighted by molar-refractivity contribution is 5.77. The molecule has 3 unspecified atom stereocenters. The average Bonchev–Trinajstić information content (AvgIpc) is 2.75. The molecular weight excluding hydrogens is 248 g/mol. The summed E-state index contributed by atoms with van der Waals surface area (Å²) in [4.78, 5) is 24.8. The Labute approximate surface area is 112 Å². The van der Waals surface area contributed by atoms with Crippen molar-refractivity contribution in [1.82, 2.24) is 10.2 Å². The van der Waals surface area contributed by atoms with Crippen LogP contribution in [0.5, 0.6) is 0 Å². The quantitative estimate of drug-likeness (QED) is 0.692. The van der Waals surface area contributed by atoms with E-state index in [1.807, 2.05) is 0 Å². The van der Waals surface area contributed by atoms with Crippen molar-refractivity contribution in [1.29, 1.82) is 0 Å². The van der Waals surface area contributed by atoms with E-state index in [2.05, 4.69) is 5.32 Å². The number of piperidine rings is 1. The minimum atomic E-state index is -0.839. The molecule has 0 aromatic heterocycles. The number of urea groups is 1. The molecule has 6 heteroatoms. The van der Waals surface area contributed by atoms with Crippen LogP contribution in [-0.4, -0.2) is 51.8 Å². The number of aliphatic carboxylic acids is 1. The number of nitrogens with one attached hydrogen (secondary N) is 1. The van der Waals surface area contributed by atoms with Crippen molar-refractivity contribution in [2.75, 3.05) is 13.1 Å². The zero-order valence-electron chi connectivity index (χ0n) is 11.3. The fraction of sp³-hybridized carbons (Fsp3) is 0.846. The standard InChI is InChI=1S/C13H22N2O4/c1-13(19)6-3-7-15(8-13)12(18)14-10-5-2-4-9(10)11(16)17/h9-10,19H,2-8H2,1H3,(H,14,18)(H,16,17). The maximum absolute atomic E-state index is 12.1. The summed E-state index contributed by atoms with van der Waals surface area (Å²) in [6.45, 7) is 2.65. The minimum absolute atomic E-state index is 0.252. The summed E-state index contributed by atoms with van der Waals surface area (Å²) in [5.74, 6) is -1.32. The van der Waals surface area contributed by atoms with Gasteiger partial charge in [-0.15, -0.1) is 0 Å². The van der Waals surface area contributed by atoms with E-state index in [0.29, 0.717) is 32.4 Å². The number of carbonyl (C=O) groups is 2. The highest BCUT2D eigenvalue weighted by Crippen LogP contribution is 2.26. The smallest absolute Gasteiger partial charge is 0.317 e.